The minimum atomic E-state index is -0.576. The Morgan fingerprint density at radius 1 is 1.04 bits per heavy atom. The maximum Gasteiger partial charge on any atom is 0.317 e. The number of esters is 1. The SMILES string of the molecule is CCOC(=O)C1C=C(c2ccccc2)P(C(C)(C)C)c2ccccc21. The molecule has 0 N–H and O–H groups in total. The molecule has 3 heteroatoms. The van der Waals surface area contributed by atoms with Gasteiger partial charge in [-0.15, -0.1) is 0 Å². The fraction of sp³-hybridized carbons (Fsp3) is 0.318. The van der Waals surface area contributed by atoms with E-state index in [-0.39, 0.29) is 17.0 Å². The van der Waals surface area contributed by atoms with Gasteiger partial charge in [0.15, 0.2) is 0 Å². The van der Waals surface area contributed by atoms with E-state index in [0.717, 1.165) is 5.56 Å². The van der Waals surface area contributed by atoms with Gasteiger partial charge in [-0.1, -0.05) is 81.4 Å². The number of hydrogen-bond acceptors (Lipinski definition) is 2. The summed E-state index contributed by atoms with van der Waals surface area (Å²) in [6, 6.07) is 18.8. The fourth-order valence-electron chi connectivity index (χ4n) is 3.39. The van der Waals surface area contributed by atoms with Crippen molar-refractivity contribution < 1.29 is 9.53 Å². The highest BCUT2D eigenvalue weighted by Gasteiger charge is 2.38. The van der Waals surface area contributed by atoms with Gasteiger partial charge >= 0.3 is 5.97 Å². The van der Waals surface area contributed by atoms with Gasteiger partial charge in [0.05, 0.1) is 6.61 Å². The number of carbonyl (C=O) groups excluding carboxylic acids is 1. The lowest BCUT2D eigenvalue weighted by molar-refractivity contribution is -0.143. The van der Waals surface area contributed by atoms with E-state index >= 15 is 0 Å². The Balaban J connectivity index is 2.21. The Morgan fingerprint density at radius 2 is 1.68 bits per heavy atom. The molecule has 0 amide bonds. The van der Waals surface area contributed by atoms with Crippen LogP contribution in [-0.4, -0.2) is 17.7 Å². The molecule has 130 valence electrons. The van der Waals surface area contributed by atoms with E-state index < -0.39 is 7.92 Å². The van der Waals surface area contributed by atoms with E-state index in [1.54, 1.807) is 0 Å². The molecule has 1 heterocycles. The van der Waals surface area contributed by atoms with Crippen LogP contribution in [0.1, 0.15) is 44.7 Å². The van der Waals surface area contributed by atoms with Crippen LogP contribution < -0.4 is 5.30 Å². The second kappa shape index (κ2) is 7.14. The van der Waals surface area contributed by atoms with Crippen LogP contribution in [0.4, 0.5) is 0 Å². The zero-order chi connectivity index (χ0) is 18.0. The minimum absolute atomic E-state index is 0.104. The van der Waals surface area contributed by atoms with Crippen LogP contribution >= 0.6 is 7.92 Å². The van der Waals surface area contributed by atoms with E-state index in [2.05, 4.69) is 69.3 Å². The highest BCUT2D eigenvalue weighted by Crippen LogP contribution is 2.62. The Labute approximate surface area is 151 Å². The Kier molecular flexibility index (Phi) is 5.11. The van der Waals surface area contributed by atoms with Gasteiger partial charge in [-0.25, -0.2) is 0 Å². The molecular formula is C22H25O2P. The zero-order valence-corrected chi connectivity index (χ0v) is 16.2. The molecule has 0 saturated heterocycles. The summed E-state index contributed by atoms with van der Waals surface area (Å²) in [5.74, 6) is -0.487. The second-order valence-electron chi connectivity index (χ2n) is 7.21. The summed E-state index contributed by atoms with van der Waals surface area (Å²) in [6.45, 7) is 9.13. The van der Waals surface area contributed by atoms with Crippen LogP contribution in [0.2, 0.25) is 0 Å². The second-order valence-corrected chi connectivity index (χ2v) is 10.2. The third-order valence-electron chi connectivity index (χ3n) is 4.36. The predicted molar refractivity (Wildman–Crippen MR) is 107 cm³/mol. The maximum atomic E-state index is 12.6. The van der Waals surface area contributed by atoms with Crippen LogP contribution in [-0.2, 0) is 9.53 Å². The molecule has 2 nitrogen and oxygen atoms in total. The molecule has 2 aromatic carbocycles. The molecule has 0 aromatic heterocycles. The van der Waals surface area contributed by atoms with Crippen LogP contribution in [0.3, 0.4) is 0 Å². The lowest BCUT2D eigenvalue weighted by atomic mass is 9.97. The molecule has 2 atom stereocenters. The van der Waals surface area contributed by atoms with Crippen molar-refractivity contribution in [2.75, 3.05) is 6.61 Å². The standard InChI is InChI=1S/C22H25O2P/c1-5-24-21(23)18-15-20(16-11-7-6-8-12-16)25(22(2,3)4)19-14-10-9-13-17(18)19/h6-15,18H,5H2,1-4H3. The van der Waals surface area contributed by atoms with Crippen molar-refractivity contribution in [3.8, 4) is 0 Å². The van der Waals surface area contributed by atoms with E-state index in [4.69, 9.17) is 4.74 Å². The Morgan fingerprint density at radius 3 is 2.32 bits per heavy atom. The Bertz CT molecular complexity index is 787. The van der Waals surface area contributed by atoms with Crippen molar-refractivity contribution in [2.24, 2.45) is 0 Å². The fourth-order valence-corrected chi connectivity index (χ4v) is 6.51. The smallest absolute Gasteiger partial charge is 0.317 e. The summed E-state index contributed by atoms with van der Waals surface area (Å²) >= 11 is 0. The van der Waals surface area contributed by atoms with Crippen molar-refractivity contribution >= 4 is 24.5 Å². The number of benzene rings is 2. The lowest BCUT2D eigenvalue weighted by Gasteiger charge is -2.39. The van der Waals surface area contributed by atoms with Crippen LogP contribution in [0.5, 0.6) is 0 Å². The predicted octanol–water partition coefficient (Wildman–Crippen LogP) is 5.29. The average Bonchev–Trinajstić information content (AvgIpc) is 2.60. The first kappa shape index (κ1) is 17.9. The quantitative estimate of drug-likeness (QED) is 0.554. The largest absolute Gasteiger partial charge is 0.465 e. The van der Waals surface area contributed by atoms with Gasteiger partial charge in [-0.2, -0.15) is 0 Å². The normalized spacial score (nSPS) is 19.8. The summed E-state index contributed by atoms with van der Waals surface area (Å²) in [5, 5.41) is 2.68. The summed E-state index contributed by atoms with van der Waals surface area (Å²) in [7, 11) is -0.576. The molecule has 1 aliphatic rings. The third kappa shape index (κ3) is 3.55. The van der Waals surface area contributed by atoms with Crippen molar-refractivity contribution in [1.29, 1.82) is 0 Å². The summed E-state index contributed by atoms with van der Waals surface area (Å²) in [4.78, 5) is 12.6. The van der Waals surface area contributed by atoms with E-state index in [1.165, 1.54) is 16.2 Å². The molecule has 0 aliphatic carbocycles. The third-order valence-corrected chi connectivity index (χ3v) is 7.48. The van der Waals surface area contributed by atoms with E-state index in [0.29, 0.717) is 6.61 Å². The van der Waals surface area contributed by atoms with Crippen LogP contribution in [0, 0.1) is 0 Å². The number of rotatable bonds is 3. The molecule has 2 unspecified atom stereocenters. The minimum Gasteiger partial charge on any atom is -0.465 e. The molecule has 2 aromatic rings. The molecule has 1 aliphatic heterocycles. The highest BCUT2D eigenvalue weighted by atomic mass is 31.1. The molecule has 0 spiro atoms. The molecule has 3 rings (SSSR count). The van der Waals surface area contributed by atoms with Crippen molar-refractivity contribution in [2.45, 2.75) is 38.8 Å². The van der Waals surface area contributed by atoms with Gasteiger partial charge in [0.25, 0.3) is 0 Å². The van der Waals surface area contributed by atoms with Gasteiger partial charge in [-0.3, -0.25) is 4.79 Å². The molecule has 25 heavy (non-hydrogen) atoms. The maximum absolute atomic E-state index is 12.6. The molecular weight excluding hydrogens is 327 g/mol. The van der Waals surface area contributed by atoms with Crippen LogP contribution in [0.15, 0.2) is 60.7 Å². The van der Waals surface area contributed by atoms with Crippen molar-refractivity contribution in [1.82, 2.24) is 0 Å². The van der Waals surface area contributed by atoms with Gasteiger partial charge in [0.1, 0.15) is 5.92 Å². The first-order valence-corrected chi connectivity index (χ1v) is 10.1. The summed E-state index contributed by atoms with van der Waals surface area (Å²) in [6.07, 6.45) is 2.15. The monoisotopic (exact) mass is 352 g/mol. The summed E-state index contributed by atoms with van der Waals surface area (Å²) < 4.78 is 5.37. The molecule has 0 saturated carbocycles. The van der Waals surface area contributed by atoms with Crippen molar-refractivity contribution in [3.05, 3.63) is 71.8 Å². The number of ether oxygens (including phenoxy) is 1. The van der Waals surface area contributed by atoms with Gasteiger partial charge in [-0.05, 0) is 41.7 Å². The number of hydrogen-bond donors (Lipinski definition) is 0. The lowest BCUT2D eigenvalue weighted by Crippen LogP contribution is -2.29. The van der Waals surface area contributed by atoms with Gasteiger partial charge < -0.3 is 4.74 Å². The topological polar surface area (TPSA) is 26.3 Å². The summed E-state index contributed by atoms with van der Waals surface area (Å²) in [5.41, 5.74) is 2.30. The number of fused-ring (bicyclic) bond motifs is 1. The average molecular weight is 352 g/mol. The first-order valence-electron chi connectivity index (χ1n) is 8.76. The number of carbonyl (C=O) groups is 1. The molecule has 0 fully saturated rings. The molecule has 0 bridgehead atoms. The first-order chi connectivity index (χ1) is 11.9. The van der Waals surface area contributed by atoms with E-state index in [9.17, 15) is 4.79 Å². The Hall–Kier alpha value is -1.92. The van der Waals surface area contributed by atoms with Gasteiger partial charge in [0, 0.05) is 0 Å². The van der Waals surface area contributed by atoms with Crippen LogP contribution in [0.25, 0.3) is 5.31 Å². The van der Waals surface area contributed by atoms with Gasteiger partial charge in [0.2, 0.25) is 0 Å². The van der Waals surface area contributed by atoms with Crippen molar-refractivity contribution in [3.63, 3.8) is 0 Å². The molecule has 0 radical (unpaired) electrons. The van der Waals surface area contributed by atoms with E-state index in [1.807, 2.05) is 19.1 Å². The highest BCUT2D eigenvalue weighted by molar-refractivity contribution is 7.77. The zero-order valence-electron chi connectivity index (χ0n) is 15.3.